The number of hydrogen-bond acceptors (Lipinski definition) is 4. The van der Waals surface area contributed by atoms with E-state index in [9.17, 15) is 9.59 Å². The molecule has 0 aromatic carbocycles. The minimum atomic E-state index is -0.500. The lowest BCUT2D eigenvalue weighted by Crippen LogP contribution is -2.05. The Hall–Kier alpha value is -2.36. The molecule has 0 atom stereocenters. The van der Waals surface area contributed by atoms with E-state index in [-0.39, 0.29) is 12.2 Å². The van der Waals surface area contributed by atoms with Crippen molar-refractivity contribution in [3.63, 3.8) is 0 Å². The van der Waals surface area contributed by atoms with Crippen molar-refractivity contribution in [2.45, 2.75) is 73.1 Å². The van der Waals surface area contributed by atoms with Gasteiger partial charge in [-0.05, 0) is 84.8 Å². The molecule has 0 unspecified atom stereocenters. The fraction of sp³-hybridized carbons (Fsp3) is 0.500. The fourth-order valence-electron chi connectivity index (χ4n) is 2.40. The SMILES string of the molecule is CC(C=O)=CCCC(C)=CCCC(C)=CCCC(C)=CCOC(=O)C(C)=CO. The van der Waals surface area contributed by atoms with Crippen molar-refractivity contribution in [3.8, 4) is 0 Å². The first-order valence-electron chi connectivity index (χ1n) is 9.87. The maximum Gasteiger partial charge on any atom is 0.337 e. The Morgan fingerprint density at radius 1 is 0.786 bits per heavy atom. The average Bonchev–Trinajstić information content (AvgIpc) is 2.66. The Balaban J connectivity index is 4.11. The maximum atomic E-state index is 11.4. The van der Waals surface area contributed by atoms with Crippen molar-refractivity contribution in [1.82, 2.24) is 0 Å². The molecule has 28 heavy (non-hydrogen) atoms. The van der Waals surface area contributed by atoms with Crippen molar-refractivity contribution in [1.29, 1.82) is 0 Å². The summed E-state index contributed by atoms with van der Waals surface area (Å²) in [6.07, 6.45) is 16.0. The Labute approximate surface area is 170 Å². The van der Waals surface area contributed by atoms with Gasteiger partial charge in [0.05, 0.1) is 11.8 Å². The van der Waals surface area contributed by atoms with Crippen molar-refractivity contribution >= 4 is 12.3 Å². The molecule has 0 spiro atoms. The van der Waals surface area contributed by atoms with Crippen LogP contribution in [0.25, 0.3) is 0 Å². The summed E-state index contributed by atoms with van der Waals surface area (Å²) in [6, 6.07) is 0. The van der Waals surface area contributed by atoms with Gasteiger partial charge in [-0.15, -0.1) is 0 Å². The minimum absolute atomic E-state index is 0.196. The first-order valence-corrected chi connectivity index (χ1v) is 9.87. The molecule has 4 heteroatoms. The molecule has 0 aliphatic rings. The molecule has 0 aromatic heterocycles. The van der Waals surface area contributed by atoms with Crippen molar-refractivity contribution in [3.05, 3.63) is 58.4 Å². The predicted molar refractivity (Wildman–Crippen MR) is 116 cm³/mol. The van der Waals surface area contributed by atoms with Gasteiger partial charge < -0.3 is 9.84 Å². The molecular formula is C24H36O4. The average molecular weight is 389 g/mol. The van der Waals surface area contributed by atoms with Crippen LogP contribution in [0.3, 0.4) is 0 Å². The summed E-state index contributed by atoms with van der Waals surface area (Å²) in [6.45, 7) is 9.89. The van der Waals surface area contributed by atoms with E-state index in [1.165, 1.54) is 23.6 Å². The molecule has 0 aromatic rings. The molecule has 0 aliphatic heterocycles. The number of rotatable bonds is 13. The Morgan fingerprint density at radius 2 is 1.25 bits per heavy atom. The second kappa shape index (κ2) is 15.7. The lowest BCUT2D eigenvalue weighted by atomic mass is 10.0. The second-order valence-corrected chi connectivity index (χ2v) is 7.24. The van der Waals surface area contributed by atoms with Gasteiger partial charge in [0.1, 0.15) is 12.9 Å². The third-order valence-corrected chi connectivity index (χ3v) is 4.42. The van der Waals surface area contributed by atoms with Crippen LogP contribution in [0.4, 0.5) is 0 Å². The minimum Gasteiger partial charge on any atom is -0.515 e. The van der Waals surface area contributed by atoms with E-state index in [4.69, 9.17) is 9.84 Å². The van der Waals surface area contributed by atoms with Gasteiger partial charge in [-0.25, -0.2) is 4.79 Å². The fourth-order valence-corrected chi connectivity index (χ4v) is 2.40. The molecule has 1 N–H and O–H groups in total. The zero-order valence-corrected chi connectivity index (χ0v) is 18.1. The van der Waals surface area contributed by atoms with E-state index in [0.29, 0.717) is 0 Å². The molecule has 0 fully saturated rings. The van der Waals surface area contributed by atoms with E-state index in [1.807, 2.05) is 26.0 Å². The summed E-state index contributed by atoms with van der Waals surface area (Å²) in [5.41, 5.74) is 4.91. The van der Waals surface area contributed by atoms with Gasteiger partial charge in [0.15, 0.2) is 0 Å². The third kappa shape index (κ3) is 13.8. The van der Waals surface area contributed by atoms with Gasteiger partial charge in [0.2, 0.25) is 0 Å². The van der Waals surface area contributed by atoms with E-state index in [2.05, 4.69) is 26.0 Å². The lowest BCUT2D eigenvalue weighted by Gasteiger charge is -2.04. The summed E-state index contributed by atoms with van der Waals surface area (Å²) < 4.78 is 5.03. The first kappa shape index (κ1) is 25.6. The van der Waals surface area contributed by atoms with Crippen LogP contribution in [0.15, 0.2) is 58.4 Å². The quantitative estimate of drug-likeness (QED) is 0.132. The molecule has 0 saturated heterocycles. The molecule has 0 heterocycles. The van der Waals surface area contributed by atoms with E-state index in [1.54, 1.807) is 0 Å². The smallest absolute Gasteiger partial charge is 0.337 e. The van der Waals surface area contributed by atoms with Crippen LogP contribution in [-0.2, 0) is 14.3 Å². The number of aliphatic hydroxyl groups excluding tert-OH is 1. The summed E-state index contributed by atoms with van der Waals surface area (Å²) in [5.74, 6) is -0.500. The number of hydrogen-bond donors (Lipinski definition) is 1. The molecule has 156 valence electrons. The highest BCUT2D eigenvalue weighted by atomic mass is 16.5. The molecule has 0 aliphatic carbocycles. The maximum absolute atomic E-state index is 11.4. The Kier molecular flexibility index (Phi) is 14.4. The summed E-state index contributed by atoms with van der Waals surface area (Å²) >= 11 is 0. The van der Waals surface area contributed by atoms with Crippen molar-refractivity contribution < 1.29 is 19.4 Å². The number of ether oxygens (including phenoxy) is 1. The van der Waals surface area contributed by atoms with Gasteiger partial charge >= 0.3 is 5.97 Å². The molecule has 0 amide bonds. The highest BCUT2D eigenvalue weighted by Gasteiger charge is 2.03. The van der Waals surface area contributed by atoms with Gasteiger partial charge in [0, 0.05) is 0 Å². The molecule has 0 bridgehead atoms. The van der Waals surface area contributed by atoms with E-state index >= 15 is 0 Å². The number of esters is 1. The van der Waals surface area contributed by atoms with E-state index in [0.717, 1.165) is 56.6 Å². The third-order valence-electron chi connectivity index (χ3n) is 4.42. The number of allylic oxidation sites excluding steroid dienone is 7. The molecule has 0 radical (unpaired) electrons. The second-order valence-electron chi connectivity index (χ2n) is 7.24. The summed E-state index contributed by atoms with van der Waals surface area (Å²) in [7, 11) is 0. The Morgan fingerprint density at radius 3 is 1.71 bits per heavy atom. The summed E-state index contributed by atoms with van der Waals surface area (Å²) in [5, 5.41) is 8.74. The van der Waals surface area contributed by atoms with Crippen LogP contribution in [0, 0.1) is 0 Å². The van der Waals surface area contributed by atoms with Gasteiger partial charge in [-0.1, -0.05) is 34.9 Å². The molecule has 4 nitrogen and oxygen atoms in total. The van der Waals surface area contributed by atoms with E-state index < -0.39 is 5.97 Å². The standard InChI is InChI=1S/C24H36O4/c1-19(9-6-10-20(2)12-8-14-22(4)17-25)11-7-13-21(3)15-16-28-24(27)23(5)18-26/h10-11,14-15,17-18,26H,6-9,12-13,16H2,1-5H3. The molecular weight excluding hydrogens is 352 g/mol. The monoisotopic (exact) mass is 388 g/mol. The number of carbonyl (C=O) groups is 2. The highest BCUT2D eigenvalue weighted by Crippen LogP contribution is 2.13. The lowest BCUT2D eigenvalue weighted by molar-refractivity contribution is -0.137. The predicted octanol–water partition coefficient (Wildman–Crippen LogP) is 6.32. The van der Waals surface area contributed by atoms with Gasteiger partial charge in [0.25, 0.3) is 0 Å². The number of aliphatic hydroxyl groups is 1. The van der Waals surface area contributed by atoms with Crippen LogP contribution in [0.1, 0.15) is 73.1 Å². The zero-order chi connectivity index (χ0) is 21.4. The van der Waals surface area contributed by atoms with Crippen molar-refractivity contribution in [2.24, 2.45) is 0 Å². The van der Waals surface area contributed by atoms with Crippen LogP contribution in [0.5, 0.6) is 0 Å². The van der Waals surface area contributed by atoms with Crippen LogP contribution < -0.4 is 0 Å². The normalized spacial score (nSPS) is 14.2. The molecule has 0 saturated carbocycles. The molecule has 0 rings (SSSR count). The summed E-state index contributed by atoms with van der Waals surface area (Å²) in [4.78, 5) is 21.9. The number of aldehydes is 1. The van der Waals surface area contributed by atoms with Crippen molar-refractivity contribution in [2.75, 3.05) is 6.61 Å². The van der Waals surface area contributed by atoms with Crippen LogP contribution in [-0.4, -0.2) is 24.0 Å². The number of carbonyl (C=O) groups excluding carboxylic acids is 2. The van der Waals surface area contributed by atoms with Crippen LogP contribution >= 0.6 is 0 Å². The van der Waals surface area contributed by atoms with Gasteiger partial charge in [-0.3, -0.25) is 4.79 Å². The first-order chi connectivity index (χ1) is 13.3. The van der Waals surface area contributed by atoms with Crippen LogP contribution in [0.2, 0.25) is 0 Å². The largest absolute Gasteiger partial charge is 0.515 e. The van der Waals surface area contributed by atoms with Gasteiger partial charge in [-0.2, -0.15) is 0 Å². The topological polar surface area (TPSA) is 63.6 Å². The Bertz CT molecular complexity index is 646. The zero-order valence-electron chi connectivity index (χ0n) is 18.1. The highest BCUT2D eigenvalue weighted by molar-refractivity contribution is 5.87.